The number of anilines is 1. The van der Waals surface area contributed by atoms with Gasteiger partial charge in [0.15, 0.2) is 0 Å². The molecule has 2 amide bonds. The predicted octanol–water partition coefficient (Wildman–Crippen LogP) is 1.70. The lowest BCUT2D eigenvalue weighted by molar-refractivity contribution is -0.146. The number of Topliss-reactive ketones (excluding diaryl/α,β-unsaturated/α-hetero) is 1. The molecule has 0 radical (unpaired) electrons. The molecule has 11 heteroatoms. The molecule has 1 saturated heterocycles. The van der Waals surface area contributed by atoms with Gasteiger partial charge in [0.2, 0.25) is 11.7 Å². The molecule has 3 aromatic rings. The number of aromatic hydroxyl groups is 1. The third-order valence-electron chi connectivity index (χ3n) is 6.74. The normalized spacial score (nSPS) is 18.6. The molecule has 11 nitrogen and oxygen atoms in total. The van der Waals surface area contributed by atoms with Crippen molar-refractivity contribution in [2.24, 2.45) is 0 Å². The molecule has 190 valence electrons. The van der Waals surface area contributed by atoms with Crippen LogP contribution in [0, 0.1) is 0 Å². The van der Waals surface area contributed by atoms with Crippen molar-refractivity contribution in [3.05, 3.63) is 60.0 Å². The molecule has 0 saturated carbocycles. The van der Waals surface area contributed by atoms with Crippen molar-refractivity contribution < 1.29 is 24.2 Å². The number of rotatable bonds is 5. The van der Waals surface area contributed by atoms with Crippen LogP contribution in [0.3, 0.4) is 0 Å². The van der Waals surface area contributed by atoms with Crippen LogP contribution in [0.15, 0.2) is 48.9 Å². The van der Waals surface area contributed by atoms with E-state index in [1.165, 1.54) is 30.6 Å². The van der Waals surface area contributed by atoms with E-state index in [2.05, 4.69) is 20.3 Å². The number of methoxy groups -OCH3 is 1. The number of piperazine rings is 1. The maximum atomic E-state index is 13.5. The molecule has 2 N–H and O–H groups in total. The van der Waals surface area contributed by atoms with E-state index >= 15 is 0 Å². The summed E-state index contributed by atoms with van der Waals surface area (Å²) in [7, 11) is 1.48. The third kappa shape index (κ3) is 4.44. The summed E-state index contributed by atoms with van der Waals surface area (Å²) in [6.07, 6.45) is 4.07. The first kappa shape index (κ1) is 24.2. The number of carbonyl (C=O) groups is 3. The van der Waals surface area contributed by atoms with E-state index in [0.717, 1.165) is 0 Å². The first-order chi connectivity index (χ1) is 17.9. The van der Waals surface area contributed by atoms with Gasteiger partial charge in [-0.25, -0.2) is 15.0 Å². The summed E-state index contributed by atoms with van der Waals surface area (Å²) in [5.41, 5.74) is 2.50. The van der Waals surface area contributed by atoms with Crippen LogP contribution in [0.1, 0.15) is 28.8 Å². The van der Waals surface area contributed by atoms with E-state index in [-0.39, 0.29) is 37.5 Å². The second-order valence-electron chi connectivity index (χ2n) is 8.99. The largest absolute Gasteiger partial charge is 0.495 e. The molecule has 4 heterocycles. The Bertz CT molecular complexity index is 1350. The highest BCUT2D eigenvalue weighted by Crippen LogP contribution is 2.43. The lowest BCUT2D eigenvalue weighted by Crippen LogP contribution is -2.57. The van der Waals surface area contributed by atoms with Gasteiger partial charge in [0.25, 0.3) is 11.8 Å². The van der Waals surface area contributed by atoms with Crippen LogP contribution in [0.25, 0.3) is 11.4 Å². The van der Waals surface area contributed by atoms with E-state index < -0.39 is 17.6 Å². The molecule has 1 fully saturated rings. The van der Waals surface area contributed by atoms with E-state index in [1.54, 1.807) is 17.0 Å². The first-order valence-electron chi connectivity index (χ1n) is 11.9. The van der Waals surface area contributed by atoms with Gasteiger partial charge in [-0.15, -0.1) is 0 Å². The van der Waals surface area contributed by atoms with Crippen molar-refractivity contribution in [2.45, 2.75) is 18.9 Å². The zero-order valence-corrected chi connectivity index (χ0v) is 20.4. The first-order valence-corrected chi connectivity index (χ1v) is 11.9. The van der Waals surface area contributed by atoms with Crippen LogP contribution >= 0.6 is 0 Å². The maximum Gasteiger partial charge on any atom is 0.290 e. The van der Waals surface area contributed by atoms with Crippen LogP contribution in [0.2, 0.25) is 0 Å². The number of hydrogen-bond donors (Lipinski definition) is 2. The quantitative estimate of drug-likeness (QED) is 0.499. The summed E-state index contributed by atoms with van der Waals surface area (Å²) in [5.74, 6) is -1.86. The second kappa shape index (κ2) is 9.84. The molecule has 2 aliphatic heterocycles. The molecule has 2 aromatic heterocycles. The van der Waals surface area contributed by atoms with E-state index in [9.17, 15) is 19.5 Å². The molecule has 0 aliphatic carbocycles. The Morgan fingerprint density at radius 2 is 1.84 bits per heavy atom. The van der Waals surface area contributed by atoms with Crippen molar-refractivity contribution in [3.8, 4) is 23.0 Å². The van der Waals surface area contributed by atoms with Crippen molar-refractivity contribution in [3.63, 3.8) is 0 Å². The fraction of sp³-hybridized carbons (Fsp3) is 0.308. The average molecular weight is 503 g/mol. The Morgan fingerprint density at radius 3 is 2.51 bits per heavy atom. The zero-order chi connectivity index (χ0) is 26.1. The highest BCUT2D eigenvalue weighted by molar-refractivity contribution is 6.38. The molecule has 0 spiro atoms. The number of nitrogens with zero attached hydrogens (tertiary/aromatic N) is 5. The standard InChI is InChI=1S/C26H26N6O5/c1-15-14-31(8-9-32(15)25(35)16-6-4-3-5-7-16)26(36)24(34)17-10-29-23-21(17)19(37-2)12-30-22(23)18-11-28-20(33)13-27-18/h3-7,11-13,15,17,29H,8-10,14H2,1-2H3,(H,28,33). The summed E-state index contributed by atoms with van der Waals surface area (Å²) in [5, 5.41) is 12.6. The SMILES string of the molecule is COc1cnc(-c2cnc(O)cn2)c2c1C(C(=O)C(=O)N1CCN(C(=O)c3ccccc3)C(C)C1)CN2. The third-order valence-corrected chi connectivity index (χ3v) is 6.74. The topological polar surface area (TPSA) is 138 Å². The highest BCUT2D eigenvalue weighted by Gasteiger charge is 2.40. The average Bonchev–Trinajstić information content (AvgIpc) is 3.38. The number of carbonyl (C=O) groups excluding carboxylic acids is 3. The van der Waals surface area contributed by atoms with Crippen molar-refractivity contribution in [1.29, 1.82) is 0 Å². The van der Waals surface area contributed by atoms with Crippen molar-refractivity contribution in [1.82, 2.24) is 24.8 Å². The van der Waals surface area contributed by atoms with E-state index in [0.29, 0.717) is 40.5 Å². The Balaban J connectivity index is 1.35. The van der Waals surface area contributed by atoms with Crippen LogP contribution in [-0.4, -0.2) is 86.8 Å². The van der Waals surface area contributed by atoms with Gasteiger partial charge in [-0.2, -0.15) is 0 Å². The molecule has 2 atom stereocenters. The minimum Gasteiger partial charge on any atom is -0.495 e. The highest BCUT2D eigenvalue weighted by atomic mass is 16.5. The van der Waals surface area contributed by atoms with Crippen LogP contribution in [0.5, 0.6) is 11.6 Å². The monoisotopic (exact) mass is 502 g/mol. The van der Waals surface area contributed by atoms with Gasteiger partial charge < -0.3 is 25.0 Å². The van der Waals surface area contributed by atoms with Gasteiger partial charge in [0.05, 0.1) is 37.3 Å². The number of ketones is 1. The summed E-state index contributed by atoms with van der Waals surface area (Å²) in [6, 6.07) is 8.76. The fourth-order valence-corrected chi connectivity index (χ4v) is 4.86. The number of aromatic nitrogens is 3. The van der Waals surface area contributed by atoms with Gasteiger partial charge in [-0.1, -0.05) is 18.2 Å². The van der Waals surface area contributed by atoms with E-state index in [1.807, 2.05) is 25.1 Å². The number of ether oxygens (including phenoxy) is 1. The maximum absolute atomic E-state index is 13.5. The molecular formula is C26H26N6O5. The van der Waals surface area contributed by atoms with E-state index in [4.69, 9.17) is 4.74 Å². The smallest absolute Gasteiger partial charge is 0.290 e. The number of nitrogens with one attached hydrogen (secondary N) is 1. The fourth-order valence-electron chi connectivity index (χ4n) is 4.86. The minimum atomic E-state index is -0.774. The number of benzene rings is 1. The zero-order valence-electron chi connectivity index (χ0n) is 20.4. The van der Waals surface area contributed by atoms with Gasteiger partial charge >= 0.3 is 0 Å². The number of fused-ring (bicyclic) bond motifs is 1. The lowest BCUT2D eigenvalue weighted by atomic mass is 9.94. The second-order valence-corrected chi connectivity index (χ2v) is 8.99. The van der Waals surface area contributed by atoms with Crippen LogP contribution in [-0.2, 0) is 9.59 Å². The molecule has 5 rings (SSSR count). The Labute approximate surface area is 213 Å². The molecule has 2 unspecified atom stereocenters. The Morgan fingerprint density at radius 1 is 1.05 bits per heavy atom. The number of pyridine rings is 1. The predicted molar refractivity (Wildman–Crippen MR) is 133 cm³/mol. The molecule has 37 heavy (non-hydrogen) atoms. The van der Waals surface area contributed by atoms with Crippen LogP contribution in [0.4, 0.5) is 5.69 Å². The molecule has 1 aromatic carbocycles. The summed E-state index contributed by atoms with van der Waals surface area (Å²) >= 11 is 0. The van der Waals surface area contributed by atoms with Crippen molar-refractivity contribution >= 4 is 23.3 Å². The lowest BCUT2D eigenvalue weighted by Gasteiger charge is -2.39. The van der Waals surface area contributed by atoms with Gasteiger partial charge in [-0.3, -0.25) is 14.4 Å². The molecule has 2 aliphatic rings. The number of amides is 2. The molecular weight excluding hydrogens is 476 g/mol. The van der Waals surface area contributed by atoms with Gasteiger partial charge in [0, 0.05) is 43.3 Å². The summed E-state index contributed by atoms with van der Waals surface area (Å²) < 4.78 is 5.47. The summed E-state index contributed by atoms with van der Waals surface area (Å²) in [4.78, 5) is 55.3. The van der Waals surface area contributed by atoms with Gasteiger partial charge in [-0.05, 0) is 19.1 Å². The molecule has 0 bridgehead atoms. The van der Waals surface area contributed by atoms with Crippen LogP contribution < -0.4 is 10.1 Å². The Kier molecular flexibility index (Phi) is 6.43. The van der Waals surface area contributed by atoms with Crippen molar-refractivity contribution in [2.75, 3.05) is 38.6 Å². The minimum absolute atomic E-state index is 0.0949. The van der Waals surface area contributed by atoms with Gasteiger partial charge in [0.1, 0.15) is 17.1 Å². The number of hydrogen-bond acceptors (Lipinski definition) is 9. The Hall–Kier alpha value is -4.54. The summed E-state index contributed by atoms with van der Waals surface area (Å²) in [6.45, 7) is 2.93.